The number of aryl methyl sites for hydroxylation is 1. The van der Waals surface area contributed by atoms with Gasteiger partial charge in [0.25, 0.3) is 5.56 Å². The van der Waals surface area contributed by atoms with Crippen LogP contribution in [0.5, 0.6) is 0 Å². The molecule has 0 saturated carbocycles. The summed E-state index contributed by atoms with van der Waals surface area (Å²) in [5.74, 6) is 0.703. The molecule has 2 aromatic heterocycles. The van der Waals surface area contributed by atoms with Gasteiger partial charge in [0.05, 0.1) is 12.0 Å². The zero-order chi connectivity index (χ0) is 11.5. The molecule has 5 heteroatoms. The first-order valence-corrected chi connectivity index (χ1v) is 5.01. The molecule has 0 atom stereocenters. The molecule has 2 rings (SSSR count). The topological polar surface area (TPSA) is 74.0 Å². The van der Waals surface area contributed by atoms with Crippen molar-refractivity contribution in [2.75, 3.05) is 0 Å². The second-order valence-corrected chi connectivity index (χ2v) is 3.53. The average molecular weight is 219 g/mol. The predicted molar refractivity (Wildman–Crippen MR) is 58.9 cm³/mol. The third-order valence-electron chi connectivity index (χ3n) is 2.39. The Balaban J connectivity index is 2.35. The van der Waals surface area contributed by atoms with E-state index in [2.05, 4.69) is 5.10 Å². The molecule has 0 radical (unpaired) electrons. The Morgan fingerprint density at radius 2 is 2.38 bits per heavy atom. The van der Waals surface area contributed by atoms with E-state index in [4.69, 9.17) is 10.2 Å². The van der Waals surface area contributed by atoms with E-state index in [1.54, 1.807) is 18.4 Å². The number of aromatic nitrogens is 2. The Labute approximate surface area is 92.5 Å². The summed E-state index contributed by atoms with van der Waals surface area (Å²) in [6.07, 6.45) is 1.57. The maximum absolute atomic E-state index is 11.7. The number of hydrogen-bond acceptors (Lipinski definition) is 4. The molecule has 0 unspecified atom stereocenters. The number of rotatable bonds is 3. The molecular weight excluding hydrogens is 206 g/mol. The molecule has 0 fully saturated rings. The fourth-order valence-electron chi connectivity index (χ4n) is 1.49. The van der Waals surface area contributed by atoms with Crippen LogP contribution in [0.3, 0.4) is 0 Å². The largest absolute Gasteiger partial charge is 0.467 e. The third kappa shape index (κ3) is 2.04. The first-order chi connectivity index (χ1) is 7.70. The first kappa shape index (κ1) is 10.6. The van der Waals surface area contributed by atoms with Crippen LogP contribution in [0.15, 0.2) is 33.7 Å². The van der Waals surface area contributed by atoms with Gasteiger partial charge in [-0.25, -0.2) is 4.68 Å². The molecule has 84 valence electrons. The summed E-state index contributed by atoms with van der Waals surface area (Å²) in [5.41, 5.74) is 6.88. The van der Waals surface area contributed by atoms with E-state index in [1.165, 1.54) is 10.7 Å². The summed E-state index contributed by atoms with van der Waals surface area (Å²) in [6, 6.07) is 5.10. The molecule has 0 bridgehead atoms. The molecule has 0 aliphatic carbocycles. The highest BCUT2D eigenvalue weighted by Gasteiger charge is 2.05. The van der Waals surface area contributed by atoms with Crippen molar-refractivity contribution in [1.82, 2.24) is 9.78 Å². The van der Waals surface area contributed by atoms with Crippen molar-refractivity contribution in [3.63, 3.8) is 0 Å². The van der Waals surface area contributed by atoms with Gasteiger partial charge in [-0.05, 0) is 24.6 Å². The Hall–Kier alpha value is -1.88. The summed E-state index contributed by atoms with van der Waals surface area (Å²) >= 11 is 0. The molecule has 0 amide bonds. The summed E-state index contributed by atoms with van der Waals surface area (Å²) in [4.78, 5) is 11.7. The highest BCUT2D eigenvalue weighted by atomic mass is 16.3. The molecule has 5 nitrogen and oxygen atoms in total. The lowest BCUT2D eigenvalue weighted by atomic mass is 10.2. The highest BCUT2D eigenvalue weighted by Crippen LogP contribution is 2.03. The second-order valence-electron chi connectivity index (χ2n) is 3.53. The smallest absolute Gasteiger partial charge is 0.267 e. The fourth-order valence-corrected chi connectivity index (χ4v) is 1.49. The molecule has 2 N–H and O–H groups in total. The van der Waals surface area contributed by atoms with Gasteiger partial charge < -0.3 is 10.2 Å². The maximum atomic E-state index is 11.7. The molecule has 0 saturated heterocycles. The van der Waals surface area contributed by atoms with Crippen LogP contribution in [-0.4, -0.2) is 9.78 Å². The van der Waals surface area contributed by atoms with E-state index >= 15 is 0 Å². The minimum absolute atomic E-state index is 0.164. The lowest BCUT2D eigenvalue weighted by molar-refractivity contribution is 0.469. The molecule has 2 heterocycles. The van der Waals surface area contributed by atoms with Gasteiger partial charge in [0, 0.05) is 12.6 Å². The molecule has 16 heavy (non-hydrogen) atoms. The van der Waals surface area contributed by atoms with E-state index in [-0.39, 0.29) is 5.56 Å². The van der Waals surface area contributed by atoms with Crippen LogP contribution in [0, 0.1) is 6.92 Å². The zero-order valence-electron chi connectivity index (χ0n) is 9.01. The number of nitrogens with zero attached hydrogens (tertiary/aromatic N) is 2. The van der Waals surface area contributed by atoms with E-state index in [1.807, 2.05) is 6.92 Å². The number of furan rings is 1. The van der Waals surface area contributed by atoms with Gasteiger partial charge in [0.1, 0.15) is 12.3 Å². The second kappa shape index (κ2) is 4.32. The Bertz CT molecular complexity index is 529. The van der Waals surface area contributed by atoms with E-state index in [0.29, 0.717) is 18.8 Å². The standard InChI is InChI=1S/C11H13N3O2/c1-8-9(6-12)5-11(15)14(13-8)7-10-3-2-4-16-10/h2-5H,6-7,12H2,1H3. The van der Waals surface area contributed by atoms with Gasteiger partial charge >= 0.3 is 0 Å². The predicted octanol–water partition coefficient (Wildman–Crippen LogP) is 0.652. The molecule has 0 aliphatic rings. The normalized spacial score (nSPS) is 10.6. The third-order valence-corrected chi connectivity index (χ3v) is 2.39. The van der Waals surface area contributed by atoms with Crippen molar-refractivity contribution in [2.45, 2.75) is 20.0 Å². The SMILES string of the molecule is Cc1nn(Cc2ccco2)c(=O)cc1CN. The lowest BCUT2D eigenvalue weighted by Crippen LogP contribution is -2.25. The molecule has 0 spiro atoms. The van der Waals surface area contributed by atoms with Gasteiger partial charge in [-0.2, -0.15) is 5.10 Å². The highest BCUT2D eigenvalue weighted by molar-refractivity contribution is 5.16. The number of nitrogens with two attached hydrogens (primary N) is 1. The number of hydrogen-bond donors (Lipinski definition) is 1. The van der Waals surface area contributed by atoms with Crippen LogP contribution < -0.4 is 11.3 Å². The van der Waals surface area contributed by atoms with Crippen LogP contribution in [-0.2, 0) is 13.1 Å². The average Bonchev–Trinajstić information content (AvgIpc) is 2.75. The minimum atomic E-state index is -0.164. The van der Waals surface area contributed by atoms with Crippen LogP contribution in [0.1, 0.15) is 17.0 Å². The van der Waals surface area contributed by atoms with Gasteiger partial charge in [0.15, 0.2) is 0 Å². The van der Waals surface area contributed by atoms with Crippen molar-refractivity contribution in [2.24, 2.45) is 5.73 Å². The Morgan fingerprint density at radius 3 is 3.00 bits per heavy atom. The monoisotopic (exact) mass is 219 g/mol. The molecule has 0 aromatic carbocycles. The molecule has 2 aromatic rings. The Morgan fingerprint density at radius 1 is 1.56 bits per heavy atom. The van der Waals surface area contributed by atoms with Gasteiger partial charge in [-0.1, -0.05) is 0 Å². The van der Waals surface area contributed by atoms with Crippen LogP contribution in [0.25, 0.3) is 0 Å². The van der Waals surface area contributed by atoms with Gasteiger partial charge in [-0.15, -0.1) is 0 Å². The fraction of sp³-hybridized carbons (Fsp3) is 0.273. The maximum Gasteiger partial charge on any atom is 0.267 e. The minimum Gasteiger partial charge on any atom is -0.467 e. The van der Waals surface area contributed by atoms with E-state index < -0.39 is 0 Å². The van der Waals surface area contributed by atoms with Gasteiger partial charge in [0.2, 0.25) is 0 Å². The summed E-state index contributed by atoms with van der Waals surface area (Å²) in [5, 5.41) is 4.18. The van der Waals surface area contributed by atoms with E-state index in [9.17, 15) is 4.79 Å². The van der Waals surface area contributed by atoms with Crippen molar-refractivity contribution in [1.29, 1.82) is 0 Å². The quantitative estimate of drug-likeness (QED) is 0.822. The van der Waals surface area contributed by atoms with Crippen molar-refractivity contribution >= 4 is 0 Å². The molecular formula is C11H13N3O2. The molecule has 0 aliphatic heterocycles. The summed E-state index contributed by atoms with van der Waals surface area (Å²) < 4.78 is 6.53. The van der Waals surface area contributed by atoms with Crippen molar-refractivity contribution < 1.29 is 4.42 Å². The van der Waals surface area contributed by atoms with Gasteiger partial charge in [-0.3, -0.25) is 4.79 Å². The lowest BCUT2D eigenvalue weighted by Gasteiger charge is -2.06. The Kier molecular flexibility index (Phi) is 2.87. The zero-order valence-corrected chi connectivity index (χ0v) is 9.01. The van der Waals surface area contributed by atoms with Crippen LogP contribution in [0.2, 0.25) is 0 Å². The summed E-state index contributed by atoms with van der Waals surface area (Å²) in [7, 11) is 0. The van der Waals surface area contributed by atoms with Crippen LogP contribution in [0.4, 0.5) is 0 Å². The first-order valence-electron chi connectivity index (χ1n) is 5.01. The summed E-state index contributed by atoms with van der Waals surface area (Å²) in [6.45, 7) is 2.51. The van der Waals surface area contributed by atoms with Crippen LogP contribution >= 0.6 is 0 Å². The van der Waals surface area contributed by atoms with Crippen molar-refractivity contribution in [3.05, 3.63) is 51.8 Å². The van der Waals surface area contributed by atoms with E-state index in [0.717, 1.165) is 11.3 Å². The van der Waals surface area contributed by atoms with Crippen molar-refractivity contribution in [3.8, 4) is 0 Å².